The Morgan fingerprint density at radius 2 is 1.72 bits per heavy atom. The summed E-state index contributed by atoms with van der Waals surface area (Å²) < 4.78 is 0. The normalized spacial score (nSPS) is 10.0. The summed E-state index contributed by atoms with van der Waals surface area (Å²) in [6, 6.07) is 10.9. The first-order valence-corrected chi connectivity index (χ1v) is 5.26. The van der Waals surface area contributed by atoms with E-state index in [0.29, 0.717) is 5.56 Å². The topological polar surface area (TPSA) is 95.6 Å². The fourth-order valence-corrected chi connectivity index (χ4v) is 1.48. The molecule has 92 valence electrons. The summed E-state index contributed by atoms with van der Waals surface area (Å²) >= 11 is 0. The Hall–Kier alpha value is -2.69. The summed E-state index contributed by atoms with van der Waals surface area (Å²) in [6.45, 7) is 0. The van der Waals surface area contributed by atoms with Gasteiger partial charge in [-0.05, 0) is 12.1 Å². The van der Waals surface area contributed by atoms with Crippen molar-refractivity contribution in [2.24, 2.45) is 0 Å². The molecule has 2 aromatic carbocycles. The number of nitrogens with one attached hydrogen (secondary N) is 1. The molecule has 0 aliphatic heterocycles. The first-order chi connectivity index (χ1) is 8.58. The minimum absolute atomic E-state index is 0.0465. The lowest BCUT2D eigenvalue weighted by atomic mass is 10.2. The largest absolute Gasteiger partial charge is 0.506 e. The fourth-order valence-electron chi connectivity index (χ4n) is 1.48. The number of amides is 1. The summed E-state index contributed by atoms with van der Waals surface area (Å²) in [7, 11) is 0. The minimum Gasteiger partial charge on any atom is -0.506 e. The molecule has 2 aromatic rings. The fraction of sp³-hybridized carbons (Fsp3) is 0. The molecule has 0 atom stereocenters. The number of rotatable bonds is 2. The van der Waals surface area contributed by atoms with E-state index >= 15 is 0 Å². The molecule has 0 aromatic heterocycles. The van der Waals surface area contributed by atoms with Gasteiger partial charge >= 0.3 is 0 Å². The maximum Gasteiger partial charge on any atom is 0.255 e. The number of phenolic OH excluding ortho intramolecular Hbond substituents is 2. The Balaban J connectivity index is 2.25. The Morgan fingerprint density at radius 3 is 2.39 bits per heavy atom. The van der Waals surface area contributed by atoms with Crippen LogP contribution in [0.3, 0.4) is 0 Å². The van der Waals surface area contributed by atoms with E-state index in [4.69, 9.17) is 5.73 Å². The summed E-state index contributed by atoms with van der Waals surface area (Å²) in [4.78, 5) is 11.8. The molecule has 1 amide bonds. The smallest absolute Gasteiger partial charge is 0.255 e. The highest BCUT2D eigenvalue weighted by molar-refractivity contribution is 6.05. The van der Waals surface area contributed by atoms with Gasteiger partial charge in [-0.3, -0.25) is 4.79 Å². The van der Waals surface area contributed by atoms with E-state index in [0.717, 1.165) is 0 Å². The van der Waals surface area contributed by atoms with Crippen LogP contribution >= 0.6 is 0 Å². The van der Waals surface area contributed by atoms with Gasteiger partial charge in [0.1, 0.15) is 11.5 Å². The predicted octanol–water partition coefficient (Wildman–Crippen LogP) is 1.93. The third-order valence-corrected chi connectivity index (χ3v) is 2.43. The van der Waals surface area contributed by atoms with Gasteiger partial charge in [-0.2, -0.15) is 0 Å². The monoisotopic (exact) mass is 244 g/mol. The van der Waals surface area contributed by atoms with Gasteiger partial charge in [0, 0.05) is 17.7 Å². The van der Waals surface area contributed by atoms with Gasteiger partial charge in [0.25, 0.3) is 5.91 Å². The van der Waals surface area contributed by atoms with E-state index in [9.17, 15) is 15.0 Å². The average molecular weight is 244 g/mol. The first kappa shape index (κ1) is 11.8. The molecule has 0 aliphatic carbocycles. The molecule has 2 rings (SSSR count). The third-order valence-electron chi connectivity index (χ3n) is 2.43. The van der Waals surface area contributed by atoms with Crippen molar-refractivity contribution in [3.05, 3.63) is 48.0 Å². The number of phenols is 2. The summed E-state index contributed by atoms with van der Waals surface area (Å²) in [5, 5.41) is 21.5. The molecule has 0 radical (unpaired) electrons. The average Bonchev–Trinajstić information content (AvgIpc) is 2.37. The molecule has 0 fully saturated rings. The molecule has 5 heteroatoms. The Kier molecular flexibility index (Phi) is 3.05. The van der Waals surface area contributed by atoms with Crippen molar-refractivity contribution < 1.29 is 15.0 Å². The zero-order chi connectivity index (χ0) is 13.1. The van der Waals surface area contributed by atoms with E-state index in [1.807, 2.05) is 0 Å². The maximum atomic E-state index is 11.8. The van der Waals surface area contributed by atoms with E-state index in [1.54, 1.807) is 30.3 Å². The molecule has 18 heavy (non-hydrogen) atoms. The number of aromatic hydroxyl groups is 2. The van der Waals surface area contributed by atoms with Gasteiger partial charge in [0.15, 0.2) is 0 Å². The second kappa shape index (κ2) is 4.67. The molecular formula is C13H12N2O3. The number of nitrogen functional groups attached to an aromatic ring is 1. The van der Waals surface area contributed by atoms with E-state index < -0.39 is 0 Å². The van der Waals surface area contributed by atoms with Crippen molar-refractivity contribution in [1.82, 2.24) is 0 Å². The highest BCUT2D eigenvalue weighted by Gasteiger charge is 2.11. The number of hydrogen-bond donors (Lipinski definition) is 4. The van der Waals surface area contributed by atoms with Crippen molar-refractivity contribution in [3.63, 3.8) is 0 Å². The summed E-state index contributed by atoms with van der Waals surface area (Å²) in [6.07, 6.45) is 0. The second-order valence-electron chi connectivity index (χ2n) is 3.75. The van der Waals surface area contributed by atoms with Gasteiger partial charge in [-0.15, -0.1) is 0 Å². The van der Waals surface area contributed by atoms with Gasteiger partial charge in [-0.25, -0.2) is 0 Å². The number of hydrogen-bond acceptors (Lipinski definition) is 4. The van der Waals surface area contributed by atoms with E-state index in [-0.39, 0.29) is 28.8 Å². The maximum absolute atomic E-state index is 11.8. The molecule has 0 heterocycles. The standard InChI is InChI=1S/C13H12N2O3/c14-9-6-12(17)10(7-11(9)16)15-13(18)8-4-2-1-3-5-8/h1-7,16-17H,14H2,(H,15,18). The van der Waals surface area contributed by atoms with Crippen molar-refractivity contribution >= 4 is 17.3 Å². The van der Waals surface area contributed by atoms with Crippen LogP contribution in [-0.4, -0.2) is 16.1 Å². The lowest BCUT2D eigenvalue weighted by Gasteiger charge is -2.09. The van der Waals surface area contributed by atoms with E-state index in [1.165, 1.54) is 12.1 Å². The minimum atomic E-state index is -0.380. The Labute approximate surface area is 103 Å². The highest BCUT2D eigenvalue weighted by atomic mass is 16.3. The number of carbonyl (C=O) groups is 1. The number of carbonyl (C=O) groups excluding carboxylic acids is 1. The zero-order valence-corrected chi connectivity index (χ0v) is 9.42. The highest BCUT2D eigenvalue weighted by Crippen LogP contribution is 2.33. The molecular weight excluding hydrogens is 232 g/mol. The number of nitrogens with two attached hydrogens (primary N) is 1. The molecule has 0 saturated heterocycles. The first-order valence-electron chi connectivity index (χ1n) is 5.26. The van der Waals surface area contributed by atoms with Crippen LogP contribution in [0.2, 0.25) is 0 Å². The van der Waals surface area contributed by atoms with Crippen molar-refractivity contribution in [1.29, 1.82) is 0 Å². The van der Waals surface area contributed by atoms with Crippen LogP contribution in [0.1, 0.15) is 10.4 Å². The van der Waals surface area contributed by atoms with Gasteiger partial charge in [0.05, 0.1) is 11.4 Å². The summed E-state index contributed by atoms with van der Waals surface area (Å²) in [5.41, 5.74) is 6.01. The van der Waals surface area contributed by atoms with Crippen LogP contribution in [0.25, 0.3) is 0 Å². The van der Waals surface area contributed by atoms with Gasteiger partial charge < -0.3 is 21.3 Å². The molecule has 0 bridgehead atoms. The lowest BCUT2D eigenvalue weighted by molar-refractivity contribution is 0.102. The number of benzene rings is 2. The molecule has 0 spiro atoms. The second-order valence-corrected chi connectivity index (χ2v) is 3.75. The van der Waals surface area contributed by atoms with Crippen molar-refractivity contribution in [2.75, 3.05) is 11.1 Å². The molecule has 5 nitrogen and oxygen atoms in total. The van der Waals surface area contributed by atoms with E-state index in [2.05, 4.69) is 5.32 Å². The SMILES string of the molecule is Nc1cc(O)c(NC(=O)c2ccccc2)cc1O. The van der Waals surface area contributed by atoms with Crippen LogP contribution in [0.4, 0.5) is 11.4 Å². The molecule has 0 unspecified atom stereocenters. The summed E-state index contributed by atoms with van der Waals surface area (Å²) in [5.74, 6) is -0.777. The van der Waals surface area contributed by atoms with Crippen LogP contribution in [0, 0.1) is 0 Å². The molecule has 0 saturated carbocycles. The van der Waals surface area contributed by atoms with Crippen LogP contribution in [0.15, 0.2) is 42.5 Å². The van der Waals surface area contributed by atoms with Crippen LogP contribution in [0.5, 0.6) is 11.5 Å². The molecule has 5 N–H and O–H groups in total. The van der Waals surface area contributed by atoms with Crippen molar-refractivity contribution in [3.8, 4) is 11.5 Å². The lowest BCUT2D eigenvalue weighted by Crippen LogP contribution is -2.11. The van der Waals surface area contributed by atoms with Crippen molar-refractivity contribution in [2.45, 2.75) is 0 Å². The van der Waals surface area contributed by atoms with Gasteiger partial charge in [0.2, 0.25) is 0 Å². The number of anilines is 2. The Bertz CT molecular complexity index is 582. The van der Waals surface area contributed by atoms with Crippen LogP contribution < -0.4 is 11.1 Å². The molecule has 0 aliphatic rings. The van der Waals surface area contributed by atoms with Gasteiger partial charge in [-0.1, -0.05) is 18.2 Å². The predicted molar refractivity (Wildman–Crippen MR) is 68.6 cm³/mol. The Morgan fingerprint density at radius 1 is 1.06 bits per heavy atom. The van der Waals surface area contributed by atoms with Crippen LogP contribution in [-0.2, 0) is 0 Å². The zero-order valence-electron chi connectivity index (χ0n) is 9.42. The third kappa shape index (κ3) is 2.35. The quantitative estimate of drug-likeness (QED) is 0.369.